The molecule has 0 spiro atoms. The number of aromatic nitrogens is 4. The van der Waals surface area contributed by atoms with Crippen molar-refractivity contribution in [2.75, 3.05) is 10.6 Å². The fourth-order valence-electron chi connectivity index (χ4n) is 2.12. The first-order chi connectivity index (χ1) is 11.6. The monoisotopic (exact) mass is 326 g/mol. The second-order valence-electron chi connectivity index (χ2n) is 5.41. The number of aryl methyl sites for hydroxylation is 1. The Balaban J connectivity index is 1.56. The van der Waals surface area contributed by atoms with E-state index in [9.17, 15) is 4.79 Å². The molecule has 0 aliphatic heterocycles. The zero-order chi connectivity index (χ0) is 16.9. The van der Waals surface area contributed by atoms with Crippen molar-refractivity contribution in [1.29, 1.82) is 0 Å². The summed E-state index contributed by atoms with van der Waals surface area (Å²) in [5.41, 5.74) is 1.62. The van der Waals surface area contributed by atoms with E-state index in [0.717, 1.165) is 5.69 Å². The highest BCUT2D eigenvalue weighted by Gasteiger charge is 2.15. The molecule has 3 heterocycles. The molecule has 0 aliphatic rings. The van der Waals surface area contributed by atoms with Crippen LogP contribution in [0.3, 0.4) is 0 Å². The van der Waals surface area contributed by atoms with E-state index in [4.69, 9.17) is 4.52 Å². The molecule has 3 aromatic heterocycles. The third kappa shape index (κ3) is 3.97. The summed E-state index contributed by atoms with van der Waals surface area (Å²) in [7, 11) is 0. The minimum atomic E-state index is -0.478. The van der Waals surface area contributed by atoms with Crippen molar-refractivity contribution < 1.29 is 9.32 Å². The lowest BCUT2D eigenvalue weighted by Gasteiger charge is -2.11. The summed E-state index contributed by atoms with van der Waals surface area (Å²) in [6, 6.07) is 8.73. The maximum Gasteiger partial charge on any atom is 0.248 e. The Morgan fingerprint density at radius 3 is 2.96 bits per heavy atom. The predicted molar refractivity (Wildman–Crippen MR) is 88.5 cm³/mol. The van der Waals surface area contributed by atoms with Crippen molar-refractivity contribution in [1.82, 2.24) is 19.9 Å². The number of carbonyl (C=O) groups is 1. The van der Waals surface area contributed by atoms with Gasteiger partial charge in [0, 0.05) is 24.5 Å². The van der Waals surface area contributed by atoms with Crippen LogP contribution in [0.15, 0.2) is 47.2 Å². The lowest BCUT2D eigenvalue weighted by atomic mass is 10.3. The molecule has 2 N–H and O–H groups in total. The van der Waals surface area contributed by atoms with Crippen LogP contribution in [0.5, 0.6) is 0 Å². The third-order valence-corrected chi connectivity index (χ3v) is 3.32. The molecule has 8 heteroatoms. The Morgan fingerprint density at radius 2 is 2.25 bits per heavy atom. The standard InChI is InChI=1S/C16H18N6O2/c1-11-9-15(24-21-11)19-16(23)12(2)18-14-6-8-22(20-14)10-13-5-3-4-7-17-13/h3-9,12H,10H2,1-2H3,(H,18,20)(H,19,23)/t12-/m1/s1. The summed E-state index contributed by atoms with van der Waals surface area (Å²) in [4.78, 5) is 16.4. The Kier molecular flexibility index (Phi) is 4.55. The maximum atomic E-state index is 12.1. The fraction of sp³-hybridized carbons (Fsp3) is 0.250. The van der Waals surface area contributed by atoms with Crippen LogP contribution in [0.2, 0.25) is 0 Å². The number of hydrogen-bond donors (Lipinski definition) is 2. The normalized spacial score (nSPS) is 11.9. The second-order valence-corrected chi connectivity index (χ2v) is 5.41. The summed E-state index contributed by atoms with van der Waals surface area (Å²) >= 11 is 0. The van der Waals surface area contributed by atoms with Gasteiger partial charge in [-0.2, -0.15) is 5.10 Å². The van der Waals surface area contributed by atoms with Crippen LogP contribution in [0.25, 0.3) is 0 Å². The van der Waals surface area contributed by atoms with E-state index < -0.39 is 6.04 Å². The molecular weight excluding hydrogens is 308 g/mol. The molecule has 124 valence electrons. The van der Waals surface area contributed by atoms with Crippen molar-refractivity contribution in [3.8, 4) is 0 Å². The first-order valence-electron chi connectivity index (χ1n) is 7.54. The number of nitrogens with zero attached hydrogens (tertiary/aromatic N) is 4. The number of amides is 1. The zero-order valence-electron chi connectivity index (χ0n) is 13.4. The predicted octanol–water partition coefficient (Wildman–Crippen LogP) is 2.06. The average Bonchev–Trinajstić information content (AvgIpc) is 3.17. The van der Waals surface area contributed by atoms with Gasteiger partial charge in [0.05, 0.1) is 17.9 Å². The summed E-state index contributed by atoms with van der Waals surface area (Å²) in [6.07, 6.45) is 3.58. The van der Waals surface area contributed by atoms with Gasteiger partial charge < -0.3 is 9.84 Å². The highest BCUT2D eigenvalue weighted by Crippen LogP contribution is 2.11. The summed E-state index contributed by atoms with van der Waals surface area (Å²) in [5, 5.41) is 13.8. The zero-order valence-corrected chi connectivity index (χ0v) is 13.4. The van der Waals surface area contributed by atoms with Gasteiger partial charge in [-0.05, 0) is 26.0 Å². The molecule has 0 bridgehead atoms. The third-order valence-electron chi connectivity index (χ3n) is 3.32. The molecule has 3 aromatic rings. The Morgan fingerprint density at radius 1 is 1.38 bits per heavy atom. The van der Waals surface area contributed by atoms with Gasteiger partial charge in [0.25, 0.3) is 0 Å². The van der Waals surface area contributed by atoms with E-state index in [1.807, 2.05) is 30.5 Å². The fourth-order valence-corrected chi connectivity index (χ4v) is 2.12. The summed E-state index contributed by atoms with van der Waals surface area (Å²) in [5.74, 6) is 0.708. The number of nitrogens with one attached hydrogen (secondary N) is 2. The van der Waals surface area contributed by atoms with Gasteiger partial charge in [-0.1, -0.05) is 11.2 Å². The Labute approximate surface area is 138 Å². The summed E-state index contributed by atoms with van der Waals surface area (Å²) < 4.78 is 6.73. The van der Waals surface area contributed by atoms with Crippen LogP contribution in [0.4, 0.5) is 11.7 Å². The quantitative estimate of drug-likeness (QED) is 0.719. The molecule has 0 aliphatic carbocycles. The second kappa shape index (κ2) is 6.95. The first kappa shape index (κ1) is 15.7. The molecule has 0 saturated heterocycles. The minimum absolute atomic E-state index is 0.231. The van der Waals surface area contributed by atoms with Gasteiger partial charge in [-0.15, -0.1) is 0 Å². The Hall–Kier alpha value is -3.16. The van der Waals surface area contributed by atoms with Crippen molar-refractivity contribution in [2.45, 2.75) is 26.4 Å². The van der Waals surface area contributed by atoms with Crippen molar-refractivity contribution in [2.24, 2.45) is 0 Å². The average molecular weight is 326 g/mol. The van der Waals surface area contributed by atoms with Crippen LogP contribution in [-0.4, -0.2) is 31.9 Å². The topological polar surface area (TPSA) is 97.9 Å². The largest absolute Gasteiger partial charge is 0.357 e. The van der Waals surface area contributed by atoms with Crippen molar-refractivity contribution in [3.05, 3.63) is 54.1 Å². The number of hydrogen-bond acceptors (Lipinski definition) is 6. The maximum absolute atomic E-state index is 12.1. The van der Waals surface area contributed by atoms with Crippen LogP contribution in [0.1, 0.15) is 18.3 Å². The molecule has 1 atom stereocenters. The van der Waals surface area contributed by atoms with Gasteiger partial charge in [0.15, 0.2) is 0 Å². The molecule has 0 saturated carbocycles. The van der Waals surface area contributed by atoms with Gasteiger partial charge in [0.2, 0.25) is 11.8 Å². The molecule has 24 heavy (non-hydrogen) atoms. The number of rotatable bonds is 6. The lowest BCUT2D eigenvalue weighted by Crippen LogP contribution is -2.31. The highest BCUT2D eigenvalue weighted by atomic mass is 16.5. The Bertz CT molecular complexity index is 811. The number of carbonyl (C=O) groups excluding carboxylic acids is 1. The van der Waals surface area contributed by atoms with E-state index in [-0.39, 0.29) is 5.91 Å². The smallest absolute Gasteiger partial charge is 0.248 e. The molecule has 0 aromatic carbocycles. The van der Waals surface area contributed by atoms with Gasteiger partial charge in [-0.25, -0.2) is 0 Å². The molecule has 8 nitrogen and oxygen atoms in total. The highest BCUT2D eigenvalue weighted by molar-refractivity contribution is 5.95. The number of pyridine rings is 1. The van der Waals surface area contributed by atoms with Gasteiger partial charge in [0.1, 0.15) is 11.9 Å². The first-order valence-corrected chi connectivity index (χ1v) is 7.54. The van der Waals surface area contributed by atoms with E-state index in [2.05, 4.69) is 25.9 Å². The number of anilines is 2. The van der Waals surface area contributed by atoms with Crippen LogP contribution < -0.4 is 10.6 Å². The van der Waals surface area contributed by atoms with Crippen LogP contribution in [-0.2, 0) is 11.3 Å². The van der Waals surface area contributed by atoms with E-state index >= 15 is 0 Å². The molecular formula is C16H18N6O2. The van der Waals surface area contributed by atoms with E-state index in [1.54, 1.807) is 30.8 Å². The van der Waals surface area contributed by atoms with E-state index in [1.165, 1.54) is 0 Å². The molecule has 0 fully saturated rings. The van der Waals surface area contributed by atoms with Crippen molar-refractivity contribution >= 4 is 17.6 Å². The van der Waals surface area contributed by atoms with E-state index in [0.29, 0.717) is 23.9 Å². The molecule has 0 radical (unpaired) electrons. The van der Waals surface area contributed by atoms with Gasteiger partial charge >= 0.3 is 0 Å². The molecule has 0 unspecified atom stereocenters. The van der Waals surface area contributed by atoms with Crippen molar-refractivity contribution in [3.63, 3.8) is 0 Å². The minimum Gasteiger partial charge on any atom is -0.357 e. The summed E-state index contributed by atoms with van der Waals surface area (Å²) in [6.45, 7) is 4.10. The SMILES string of the molecule is Cc1cc(NC(=O)[C@@H](C)Nc2ccn(Cc3ccccn3)n2)on1. The molecule has 3 rings (SSSR count). The van der Waals surface area contributed by atoms with Crippen LogP contribution >= 0.6 is 0 Å². The lowest BCUT2D eigenvalue weighted by molar-refractivity contribution is -0.116. The van der Waals surface area contributed by atoms with Gasteiger partial charge in [-0.3, -0.25) is 19.8 Å². The van der Waals surface area contributed by atoms with Crippen LogP contribution in [0, 0.1) is 6.92 Å². The molecule has 1 amide bonds.